The molecule has 190 valence electrons. The smallest absolute Gasteiger partial charge is 0.242 e. The molecule has 1 fully saturated rings. The molecular weight excluding hydrogens is 438 g/mol. The Morgan fingerprint density at radius 1 is 0.943 bits per heavy atom. The summed E-state index contributed by atoms with van der Waals surface area (Å²) < 4.78 is 5.18. The number of benzene rings is 2. The zero-order valence-corrected chi connectivity index (χ0v) is 21.2. The van der Waals surface area contributed by atoms with Gasteiger partial charge in [0, 0.05) is 18.8 Å². The molecule has 2 aromatic rings. The lowest BCUT2D eigenvalue weighted by Crippen LogP contribution is -2.49. The van der Waals surface area contributed by atoms with Crippen LogP contribution in [0.15, 0.2) is 54.6 Å². The van der Waals surface area contributed by atoms with E-state index in [0.717, 1.165) is 23.4 Å². The number of nitrogens with one attached hydrogen (secondary N) is 3. The molecule has 3 N–H and O–H groups in total. The van der Waals surface area contributed by atoms with Gasteiger partial charge in [-0.3, -0.25) is 9.59 Å². The van der Waals surface area contributed by atoms with Gasteiger partial charge in [-0.15, -0.1) is 0 Å². The minimum Gasteiger partial charge on any atom is -0.497 e. The monoisotopic (exact) mass is 479 g/mol. The summed E-state index contributed by atoms with van der Waals surface area (Å²) in [5.74, 6) is 1.04. The van der Waals surface area contributed by atoms with Gasteiger partial charge in [-0.25, -0.2) is 0 Å². The molecule has 3 rings (SSSR count). The highest BCUT2D eigenvalue weighted by atomic mass is 16.5. The molecule has 2 unspecified atom stereocenters. The molecule has 1 aliphatic carbocycles. The summed E-state index contributed by atoms with van der Waals surface area (Å²) in [5, 5.41) is 9.42. The molecule has 1 saturated carbocycles. The van der Waals surface area contributed by atoms with Crippen molar-refractivity contribution in [2.45, 2.75) is 70.3 Å². The Morgan fingerprint density at radius 3 is 2.31 bits per heavy atom. The predicted molar refractivity (Wildman–Crippen MR) is 142 cm³/mol. The average Bonchev–Trinajstić information content (AvgIpc) is 2.91. The molecule has 0 heterocycles. The highest BCUT2D eigenvalue weighted by Gasteiger charge is 2.26. The van der Waals surface area contributed by atoms with Crippen LogP contribution in [0.5, 0.6) is 5.75 Å². The van der Waals surface area contributed by atoms with E-state index >= 15 is 0 Å². The third-order valence-corrected chi connectivity index (χ3v) is 6.99. The zero-order chi connectivity index (χ0) is 24.9. The molecule has 35 heavy (non-hydrogen) atoms. The predicted octanol–water partition coefficient (Wildman–Crippen LogP) is 5.26. The van der Waals surface area contributed by atoms with E-state index in [-0.39, 0.29) is 17.7 Å². The van der Waals surface area contributed by atoms with E-state index in [1.54, 1.807) is 7.11 Å². The van der Waals surface area contributed by atoms with Crippen LogP contribution in [-0.2, 0) is 9.59 Å². The summed E-state index contributed by atoms with van der Waals surface area (Å²) >= 11 is 0. The lowest BCUT2D eigenvalue weighted by Gasteiger charge is -2.26. The molecular formula is C29H41N3O3. The first kappa shape index (κ1) is 26.6. The summed E-state index contributed by atoms with van der Waals surface area (Å²) in [6.45, 7) is 3.10. The van der Waals surface area contributed by atoms with E-state index < -0.39 is 6.04 Å². The van der Waals surface area contributed by atoms with Gasteiger partial charge in [-0.2, -0.15) is 0 Å². The van der Waals surface area contributed by atoms with Gasteiger partial charge in [-0.1, -0.05) is 69.4 Å². The molecule has 0 spiro atoms. The highest BCUT2D eigenvalue weighted by Crippen LogP contribution is 2.28. The Balaban J connectivity index is 1.55. The molecule has 2 atom stereocenters. The van der Waals surface area contributed by atoms with Gasteiger partial charge in [0.1, 0.15) is 11.8 Å². The number of anilines is 1. The molecule has 0 aliphatic heterocycles. The number of carbonyl (C=O) groups excluding carboxylic acids is 2. The van der Waals surface area contributed by atoms with Gasteiger partial charge in [0.25, 0.3) is 0 Å². The molecule has 0 saturated heterocycles. The van der Waals surface area contributed by atoms with Crippen LogP contribution in [0.25, 0.3) is 0 Å². The Bertz CT molecular complexity index is 895. The lowest BCUT2D eigenvalue weighted by molar-refractivity contribution is -0.130. The van der Waals surface area contributed by atoms with Crippen molar-refractivity contribution in [2.24, 2.45) is 5.92 Å². The summed E-state index contributed by atoms with van der Waals surface area (Å²) in [6, 6.07) is 17.0. The maximum atomic E-state index is 13.2. The van der Waals surface area contributed by atoms with E-state index in [0.29, 0.717) is 31.8 Å². The summed E-state index contributed by atoms with van der Waals surface area (Å²) in [4.78, 5) is 26.3. The molecule has 0 bridgehead atoms. The molecule has 6 heteroatoms. The molecule has 2 amide bonds. The van der Waals surface area contributed by atoms with Crippen molar-refractivity contribution >= 4 is 17.5 Å². The van der Waals surface area contributed by atoms with Gasteiger partial charge in [0.15, 0.2) is 0 Å². The number of carbonyl (C=O) groups is 2. The van der Waals surface area contributed by atoms with Gasteiger partial charge in [0.2, 0.25) is 11.8 Å². The van der Waals surface area contributed by atoms with Crippen LogP contribution in [0, 0.1) is 5.92 Å². The van der Waals surface area contributed by atoms with Crippen molar-refractivity contribution in [2.75, 3.05) is 25.5 Å². The SMILES string of the molecule is CCC(C(=O)NC(CCC1CCCCC1)C(=O)NCCNc1ccc(OC)cc1)c1ccccc1. The Labute approximate surface area is 210 Å². The van der Waals surface area contributed by atoms with Crippen molar-refractivity contribution < 1.29 is 14.3 Å². The second kappa shape index (κ2) is 14.4. The van der Waals surface area contributed by atoms with Crippen molar-refractivity contribution in [1.82, 2.24) is 10.6 Å². The van der Waals surface area contributed by atoms with E-state index in [2.05, 4.69) is 16.0 Å². The van der Waals surface area contributed by atoms with Crippen LogP contribution >= 0.6 is 0 Å². The van der Waals surface area contributed by atoms with E-state index in [1.165, 1.54) is 32.1 Å². The number of hydrogen-bond acceptors (Lipinski definition) is 4. The maximum absolute atomic E-state index is 13.2. The van der Waals surface area contributed by atoms with Crippen LogP contribution in [0.1, 0.15) is 69.8 Å². The minimum atomic E-state index is -0.511. The second-order valence-electron chi connectivity index (χ2n) is 9.46. The Hall–Kier alpha value is -3.02. The largest absolute Gasteiger partial charge is 0.497 e. The van der Waals surface area contributed by atoms with Crippen LogP contribution in [0.2, 0.25) is 0 Å². The van der Waals surface area contributed by atoms with Crippen molar-refractivity contribution in [3.05, 3.63) is 60.2 Å². The first-order valence-electron chi connectivity index (χ1n) is 13.1. The van der Waals surface area contributed by atoms with Gasteiger partial charge in [0.05, 0.1) is 13.0 Å². The topological polar surface area (TPSA) is 79.5 Å². The third kappa shape index (κ3) is 8.61. The fourth-order valence-corrected chi connectivity index (χ4v) is 4.90. The first-order chi connectivity index (χ1) is 17.1. The molecule has 2 aromatic carbocycles. The quantitative estimate of drug-likeness (QED) is 0.342. The molecule has 0 aromatic heterocycles. The van der Waals surface area contributed by atoms with E-state index in [9.17, 15) is 9.59 Å². The fourth-order valence-electron chi connectivity index (χ4n) is 4.90. The molecule has 6 nitrogen and oxygen atoms in total. The zero-order valence-electron chi connectivity index (χ0n) is 21.2. The van der Waals surface area contributed by atoms with Gasteiger partial charge >= 0.3 is 0 Å². The highest BCUT2D eigenvalue weighted by molar-refractivity contribution is 5.90. The number of hydrogen-bond donors (Lipinski definition) is 3. The summed E-state index contributed by atoms with van der Waals surface area (Å²) in [6.07, 6.45) is 8.68. The van der Waals surface area contributed by atoms with Crippen molar-refractivity contribution in [3.8, 4) is 5.75 Å². The van der Waals surface area contributed by atoms with E-state index in [1.807, 2.05) is 61.5 Å². The van der Waals surface area contributed by atoms with Crippen LogP contribution in [-0.4, -0.2) is 38.1 Å². The number of ether oxygens (including phenoxy) is 1. The lowest BCUT2D eigenvalue weighted by atomic mass is 9.85. The maximum Gasteiger partial charge on any atom is 0.242 e. The van der Waals surface area contributed by atoms with Crippen molar-refractivity contribution in [3.63, 3.8) is 0 Å². The number of amides is 2. The van der Waals surface area contributed by atoms with Gasteiger partial charge < -0.3 is 20.7 Å². The van der Waals surface area contributed by atoms with Crippen molar-refractivity contribution in [1.29, 1.82) is 0 Å². The Kier molecular flexibility index (Phi) is 10.9. The van der Waals surface area contributed by atoms with Crippen LogP contribution in [0.3, 0.4) is 0 Å². The third-order valence-electron chi connectivity index (χ3n) is 6.99. The minimum absolute atomic E-state index is 0.0705. The van der Waals surface area contributed by atoms with E-state index in [4.69, 9.17) is 4.74 Å². The normalized spacial score (nSPS) is 15.6. The summed E-state index contributed by atoms with van der Waals surface area (Å²) in [7, 11) is 1.64. The number of rotatable bonds is 13. The van der Waals surface area contributed by atoms with Gasteiger partial charge in [-0.05, 0) is 55.0 Å². The van der Waals surface area contributed by atoms with Crippen LogP contribution in [0.4, 0.5) is 5.69 Å². The average molecular weight is 480 g/mol. The van der Waals surface area contributed by atoms with Crippen LogP contribution < -0.4 is 20.7 Å². The molecule has 1 aliphatic rings. The summed E-state index contributed by atoms with van der Waals surface area (Å²) in [5.41, 5.74) is 1.96. The Morgan fingerprint density at radius 2 is 1.66 bits per heavy atom. The molecule has 0 radical (unpaired) electrons. The standard InChI is InChI=1S/C29H41N3O3/c1-3-26(23-12-8-5-9-13-23)28(33)32-27(19-14-22-10-6-4-7-11-22)29(34)31-21-20-30-24-15-17-25(35-2)18-16-24/h5,8-9,12-13,15-18,22,26-27,30H,3-4,6-7,10-11,14,19-21H2,1-2H3,(H,31,34)(H,32,33). The first-order valence-corrected chi connectivity index (χ1v) is 13.1. The second-order valence-corrected chi connectivity index (χ2v) is 9.46. The number of methoxy groups -OCH3 is 1. The fraction of sp³-hybridized carbons (Fsp3) is 0.517.